The summed E-state index contributed by atoms with van der Waals surface area (Å²) in [5, 5.41) is 9.25. The summed E-state index contributed by atoms with van der Waals surface area (Å²) in [6.07, 6.45) is 8.28. The molecule has 1 saturated carbocycles. The molecule has 0 spiro atoms. The molecule has 2 aliphatic rings. The maximum absolute atomic E-state index is 12.5. The van der Waals surface area contributed by atoms with Crippen molar-refractivity contribution in [3.05, 3.63) is 22.1 Å². The molecule has 1 aromatic heterocycles. The van der Waals surface area contributed by atoms with Crippen LogP contribution in [0.2, 0.25) is 0 Å². The zero-order chi connectivity index (χ0) is 19.1. The lowest BCUT2D eigenvalue weighted by molar-refractivity contribution is 0.157. The summed E-state index contributed by atoms with van der Waals surface area (Å²) in [5.74, 6) is 0.431. The van der Waals surface area contributed by atoms with E-state index in [1.54, 1.807) is 6.92 Å². The normalized spacial score (nSPS) is 19.6. The Labute approximate surface area is 160 Å². The van der Waals surface area contributed by atoms with Gasteiger partial charge in [0.25, 0.3) is 5.56 Å². The van der Waals surface area contributed by atoms with Crippen molar-refractivity contribution in [2.75, 3.05) is 38.0 Å². The number of anilines is 1. The summed E-state index contributed by atoms with van der Waals surface area (Å²) in [5.41, 5.74) is 0.383. The van der Waals surface area contributed by atoms with Crippen LogP contribution in [-0.2, 0) is 0 Å². The number of H-pyrrole nitrogens is 1. The number of likely N-dealkylation sites (tertiary alicyclic amines) is 1. The topological polar surface area (TPSA) is 102 Å². The quantitative estimate of drug-likeness (QED) is 0.541. The summed E-state index contributed by atoms with van der Waals surface area (Å²) in [6, 6.07) is 1.34. The van der Waals surface area contributed by atoms with Crippen LogP contribution < -0.4 is 21.5 Å². The molecule has 1 aliphatic carbocycles. The van der Waals surface area contributed by atoms with Gasteiger partial charge in [-0.15, -0.1) is 0 Å². The van der Waals surface area contributed by atoms with E-state index in [9.17, 15) is 9.59 Å². The molecule has 3 rings (SSSR count). The number of urea groups is 1. The molecule has 0 atom stereocenters. The van der Waals surface area contributed by atoms with Crippen LogP contribution in [0.5, 0.6) is 0 Å². The van der Waals surface area contributed by atoms with Crippen molar-refractivity contribution in [3.63, 3.8) is 0 Å². The molecule has 150 valence electrons. The van der Waals surface area contributed by atoms with E-state index >= 15 is 0 Å². The zero-order valence-corrected chi connectivity index (χ0v) is 16.3. The fourth-order valence-corrected chi connectivity index (χ4v) is 4.22. The van der Waals surface area contributed by atoms with Crippen molar-refractivity contribution in [1.29, 1.82) is 0 Å². The third-order valence-electron chi connectivity index (χ3n) is 5.49. The first-order chi connectivity index (χ1) is 13.0. The van der Waals surface area contributed by atoms with Gasteiger partial charge in [-0.3, -0.25) is 9.78 Å². The molecule has 0 radical (unpaired) electrons. The van der Waals surface area contributed by atoms with Crippen molar-refractivity contribution in [3.8, 4) is 0 Å². The van der Waals surface area contributed by atoms with Gasteiger partial charge in [0.15, 0.2) is 0 Å². The molecule has 2 amide bonds. The number of hydrogen-bond donors (Lipinski definition) is 4. The van der Waals surface area contributed by atoms with Gasteiger partial charge >= 0.3 is 6.03 Å². The van der Waals surface area contributed by atoms with Crippen LogP contribution >= 0.6 is 0 Å². The molecule has 4 N–H and O–H groups in total. The average Bonchev–Trinajstić information content (AvgIpc) is 3.11. The Hall–Kier alpha value is -2.09. The number of aryl methyl sites for hydroxylation is 1. The first-order valence-electron chi connectivity index (χ1n) is 10.1. The van der Waals surface area contributed by atoms with Crippen molar-refractivity contribution < 1.29 is 4.79 Å². The lowest BCUT2D eigenvalue weighted by Crippen LogP contribution is -2.58. The van der Waals surface area contributed by atoms with Crippen LogP contribution in [0.25, 0.3) is 0 Å². The van der Waals surface area contributed by atoms with Crippen LogP contribution in [0.1, 0.15) is 50.6 Å². The number of carbonyl (C=O) groups excluding carboxylic acids is 1. The van der Waals surface area contributed by atoms with Gasteiger partial charge in [0.05, 0.1) is 5.54 Å². The molecule has 8 heteroatoms. The van der Waals surface area contributed by atoms with E-state index in [0.717, 1.165) is 32.5 Å². The second-order valence-electron chi connectivity index (χ2n) is 7.87. The van der Waals surface area contributed by atoms with Gasteiger partial charge in [0, 0.05) is 31.4 Å². The Bertz CT molecular complexity index is 677. The number of rotatable bonds is 7. The van der Waals surface area contributed by atoms with Crippen LogP contribution in [0.3, 0.4) is 0 Å². The van der Waals surface area contributed by atoms with Crippen molar-refractivity contribution in [2.45, 2.75) is 57.4 Å². The van der Waals surface area contributed by atoms with E-state index in [1.165, 1.54) is 38.2 Å². The Morgan fingerprint density at radius 3 is 2.63 bits per heavy atom. The van der Waals surface area contributed by atoms with Crippen LogP contribution in [0.15, 0.2) is 10.9 Å². The standard InChI is InChI=1S/C19H32N6O2/c1-15-13-16(26)23-17(22-15)20-9-10-21-18(27)24-19(7-3-2-4-8-19)14-25-11-5-6-12-25/h13H,2-12,14H2,1H3,(H2,21,24,27)(H2,20,22,23,26). The Balaban J connectivity index is 1.45. The maximum atomic E-state index is 12.5. The number of amides is 2. The number of aromatic amines is 1. The van der Waals surface area contributed by atoms with E-state index in [4.69, 9.17) is 0 Å². The maximum Gasteiger partial charge on any atom is 0.315 e. The number of aromatic nitrogens is 2. The van der Waals surface area contributed by atoms with Gasteiger partial charge in [0.2, 0.25) is 5.95 Å². The van der Waals surface area contributed by atoms with Gasteiger partial charge in [-0.05, 0) is 45.7 Å². The number of hydrogen-bond acceptors (Lipinski definition) is 5. The summed E-state index contributed by atoms with van der Waals surface area (Å²) in [4.78, 5) is 33.2. The third kappa shape index (κ3) is 5.95. The molecule has 27 heavy (non-hydrogen) atoms. The van der Waals surface area contributed by atoms with Crippen molar-refractivity contribution in [1.82, 2.24) is 25.5 Å². The molecule has 0 unspecified atom stereocenters. The second-order valence-corrected chi connectivity index (χ2v) is 7.87. The molecule has 8 nitrogen and oxygen atoms in total. The lowest BCUT2D eigenvalue weighted by Gasteiger charge is -2.40. The van der Waals surface area contributed by atoms with E-state index in [2.05, 4.69) is 30.8 Å². The molecule has 0 bridgehead atoms. The lowest BCUT2D eigenvalue weighted by atomic mass is 9.81. The Kier molecular flexibility index (Phi) is 6.71. The monoisotopic (exact) mass is 376 g/mol. The molecule has 2 heterocycles. The fraction of sp³-hybridized carbons (Fsp3) is 0.737. The molecule has 1 saturated heterocycles. The van der Waals surface area contributed by atoms with E-state index in [1.807, 2.05) is 0 Å². The molecule has 1 aromatic rings. The summed E-state index contributed by atoms with van der Waals surface area (Å²) in [6.45, 7) is 6.00. The number of carbonyl (C=O) groups is 1. The first-order valence-corrected chi connectivity index (χ1v) is 10.1. The van der Waals surface area contributed by atoms with Gasteiger partial charge in [-0.2, -0.15) is 0 Å². The van der Waals surface area contributed by atoms with Crippen molar-refractivity contribution in [2.24, 2.45) is 0 Å². The molecule has 2 fully saturated rings. The minimum Gasteiger partial charge on any atom is -0.354 e. The highest BCUT2D eigenvalue weighted by Crippen LogP contribution is 2.30. The minimum atomic E-state index is -0.183. The Morgan fingerprint density at radius 1 is 1.19 bits per heavy atom. The highest BCUT2D eigenvalue weighted by atomic mass is 16.2. The zero-order valence-electron chi connectivity index (χ0n) is 16.3. The third-order valence-corrected chi connectivity index (χ3v) is 5.49. The summed E-state index contributed by atoms with van der Waals surface area (Å²) in [7, 11) is 0. The molecular formula is C19H32N6O2. The van der Waals surface area contributed by atoms with Crippen LogP contribution in [0, 0.1) is 6.92 Å². The number of nitrogens with one attached hydrogen (secondary N) is 4. The predicted molar refractivity (Wildman–Crippen MR) is 106 cm³/mol. The van der Waals surface area contributed by atoms with Crippen molar-refractivity contribution >= 4 is 12.0 Å². The highest BCUT2D eigenvalue weighted by molar-refractivity contribution is 5.74. The fourth-order valence-electron chi connectivity index (χ4n) is 4.22. The van der Waals surface area contributed by atoms with Gasteiger partial charge in [0.1, 0.15) is 0 Å². The first kappa shape index (κ1) is 19.7. The van der Waals surface area contributed by atoms with Crippen LogP contribution in [-0.4, -0.2) is 59.2 Å². The molecule has 1 aliphatic heterocycles. The van der Waals surface area contributed by atoms with E-state index in [0.29, 0.717) is 24.7 Å². The SMILES string of the molecule is Cc1cc(=O)[nH]c(NCCNC(=O)NC2(CN3CCCC3)CCCCC2)n1. The number of nitrogens with zero attached hydrogens (tertiary/aromatic N) is 2. The van der Waals surface area contributed by atoms with E-state index in [-0.39, 0.29) is 17.1 Å². The summed E-state index contributed by atoms with van der Waals surface area (Å²) >= 11 is 0. The summed E-state index contributed by atoms with van der Waals surface area (Å²) < 4.78 is 0. The van der Waals surface area contributed by atoms with Gasteiger partial charge in [-0.1, -0.05) is 19.3 Å². The second kappa shape index (κ2) is 9.21. The van der Waals surface area contributed by atoms with Gasteiger partial charge in [-0.25, -0.2) is 9.78 Å². The predicted octanol–water partition coefficient (Wildman–Crippen LogP) is 1.59. The smallest absolute Gasteiger partial charge is 0.315 e. The molecule has 0 aromatic carbocycles. The minimum absolute atomic E-state index is 0.0938. The highest BCUT2D eigenvalue weighted by Gasteiger charge is 2.35. The van der Waals surface area contributed by atoms with Crippen LogP contribution in [0.4, 0.5) is 10.7 Å². The van der Waals surface area contributed by atoms with E-state index < -0.39 is 0 Å². The van der Waals surface area contributed by atoms with Gasteiger partial charge < -0.3 is 20.9 Å². The largest absolute Gasteiger partial charge is 0.354 e. The molecular weight excluding hydrogens is 344 g/mol. The average molecular weight is 377 g/mol. The Morgan fingerprint density at radius 2 is 1.93 bits per heavy atom.